The summed E-state index contributed by atoms with van der Waals surface area (Å²) in [6, 6.07) is 0. The molecule has 0 atom stereocenters. The number of carbonyl (C=O) groups is 1. The molecule has 0 aromatic carbocycles. The van der Waals surface area contributed by atoms with Gasteiger partial charge in [0, 0.05) is 0 Å². The van der Waals surface area contributed by atoms with Crippen molar-refractivity contribution >= 4 is 6.09 Å². The summed E-state index contributed by atoms with van der Waals surface area (Å²) in [5, 5.41) is 3.20. The summed E-state index contributed by atoms with van der Waals surface area (Å²) in [5.41, 5.74) is 6.23. The van der Waals surface area contributed by atoms with E-state index in [1.165, 1.54) is 0 Å². The molecular weight excluding hydrogens is 228 g/mol. The summed E-state index contributed by atoms with van der Waals surface area (Å²) in [5.74, 6) is 4.77. The summed E-state index contributed by atoms with van der Waals surface area (Å²) in [6.45, 7) is 6.61. The maximum absolute atomic E-state index is 11.9. The Morgan fingerprint density at radius 3 is 2.06 bits per heavy atom. The minimum Gasteiger partial charge on any atom is -0.444 e. The molecule has 0 unspecified atom stereocenters. The number of hydrogen-bond donors (Lipinski definition) is 2. The van der Waals surface area contributed by atoms with Crippen LogP contribution in [0.5, 0.6) is 0 Å². The van der Waals surface area contributed by atoms with E-state index < -0.39 is 5.60 Å². The van der Waals surface area contributed by atoms with Gasteiger partial charge in [0.1, 0.15) is 5.60 Å². The lowest BCUT2D eigenvalue weighted by atomic mass is 8.94. The van der Waals surface area contributed by atoms with Crippen LogP contribution in [0, 0.1) is 40.9 Å². The molecular formula is C14H20N2O2. The number of ether oxygens (including phenoxy) is 1. The molecule has 0 aromatic heterocycles. The Bertz CT molecular complexity index is 439. The Labute approximate surface area is 107 Å². The Morgan fingerprint density at radius 1 is 1.17 bits per heavy atom. The molecule has 6 fully saturated rings. The number of amides is 1. The fraction of sp³-hybridized carbons (Fsp3) is 0.929. The molecule has 18 heavy (non-hydrogen) atoms. The number of carbonyl (C=O) groups excluding carboxylic acids is 1. The smallest absolute Gasteiger partial charge is 0.408 e. The third-order valence-corrected chi connectivity index (χ3v) is 6.91. The first kappa shape index (κ1) is 10.1. The van der Waals surface area contributed by atoms with Crippen LogP contribution < -0.4 is 11.1 Å². The van der Waals surface area contributed by atoms with Gasteiger partial charge < -0.3 is 15.8 Å². The zero-order valence-electron chi connectivity index (χ0n) is 11.1. The van der Waals surface area contributed by atoms with Crippen molar-refractivity contribution in [2.45, 2.75) is 31.9 Å². The Morgan fingerprint density at radius 2 is 1.67 bits per heavy atom. The first-order valence-electron chi connectivity index (χ1n) is 7.11. The molecule has 0 aromatic rings. The Hall–Kier alpha value is -0.770. The summed E-state index contributed by atoms with van der Waals surface area (Å²) < 4.78 is 5.40. The number of hydrogen-bond acceptors (Lipinski definition) is 3. The van der Waals surface area contributed by atoms with E-state index in [-0.39, 0.29) is 11.6 Å². The van der Waals surface area contributed by atoms with Gasteiger partial charge in [-0.3, -0.25) is 0 Å². The zero-order chi connectivity index (χ0) is 12.7. The molecule has 98 valence electrons. The first-order valence-corrected chi connectivity index (χ1v) is 7.11. The van der Waals surface area contributed by atoms with Crippen molar-refractivity contribution in [1.29, 1.82) is 0 Å². The summed E-state index contributed by atoms with van der Waals surface area (Å²) in [4.78, 5) is 11.9. The predicted molar refractivity (Wildman–Crippen MR) is 64.5 cm³/mol. The highest BCUT2D eigenvalue weighted by Gasteiger charge is 3.09. The van der Waals surface area contributed by atoms with Crippen LogP contribution in [0.1, 0.15) is 20.8 Å². The van der Waals surface area contributed by atoms with Gasteiger partial charge in [-0.1, -0.05) is 0 Å². The second-order valence-electron chi connectivity index (χ2n) is 8.03. The second-order valence-corrected chi connectivity index (χ2v) is 8.03. The van der Waals surface area contributed by atoms with E-state index in [0.717, 1.165) is 42.1 Å². The van der Waals surface area contributed by atoms with Crippen molar-refractivity contribution in [3.63, 3.8) is 0 Å². The maximum Gasteiger partial charge on any atom is 0.408 e. The maximum atomic E-state index is 11.9. The lowest BCUT2D eigenvalue weighted by Crippen LogP contribution is -3.15. The molecule has 3 N–H and O–H groups in total. The van der Waals surface area contributed by atoms with E-state index in [4.69, 9.17) is 10.5 Å². The molecule has 6 rings (SSSR count). The van der Waals surface area contributed by atoms with E-state index in [0.29, 0.717) is 5.41 Å². The minimum absolute atomic E-state index is 0.152. The average molecular weight is 248 g/mol. The van der Waals surface area contributed by atoms with Gasteiger partial charge in [0.05, 0.1) is 5.54 Å². The number of rotatable bonds is 2. The zero-order valence-corrected chi connectivity index (χ0v) is 11.1. The van der Waals surface area contributed by atoms with Crippen molar-refractivity contribution in [3.8, 4) is 0 Å². The van der Waals surface area contributed by atoms with Crippen LogP contribution in [0.2, 0.25) is 0 Å². The van der Waals surface area contributed by atoms with E-state index in [1.807, 2.05) is 20.8 Å². The van der Waals surface area contributed by atoms with Crippen LogP contribution in [0.4, 0.5) is 4.79 Å². The number of alkyl carbamates (subject to hydrolysis) is 1. The van der Waals surface area contributed by atoms with Gasteiger partial charge in [0.15, 0.2) is 0 Å². The Kier molecular flexibility index (Phi) is 1.24. The second kappa shape index (κ2) is 2.21. The van der Waals surface area contributed by atoms with Crippen molar-refractivity contribution < 1.29 is 9.53 Å². The fourth-order valence-electron chi connectivity index (χ4n) is 6.89. The third kappa shape index (κ3) is 0.591. The van der Waals surface area contributed by atoms with Crippen LogP contribution >= 0.6 is 0 Å². The minimum atomic E-state index is -0.401. The van der Waals surface area contributed by atoms with Gasteiger partial charge in [-0.15, -0.1) is 0 Å². The van der Waals surface area contributed by atoms with E-state index >= 15 is 0 Å². The average Bonchev–Trinajstić information content (AvgIpc) is 2.27. The summed E-state index contributed by atoms with van der Waals surface area (Å²) >= 11 is 0. The molecule has 0 radical (unpaired) electrons. The van der Waals surface area contributed by atoms with Gasteiger partial charge in [0.25, 0.3) is 0 Å². The molecule has 0 spiro atoms. The van der Waals surface area contributed by atoms with Crippen molar-refractivity contribution in [2.75, 3.05) is 6.54 Å². The van der Waals surface area contributed by atoms with Crippen molar-refractivity contribution in [3.05, 3.63) is 0 Å². The quantitative estimate of drug-likeness (QED) is 0.765. The van der Waals surface area contributed by atoms with Crippen molar-refractivity contribution in [2.24, 2.45) is 46.7 Å². The van der Waals surface area contributed by atoms with Gasteiger partial charge in [-0.05, 0) is 68.2 Å². The highest BCUT2D eigenvalue weighted by Crippen LogP contribution is 3.06. The van der Waals surface area contributed by atoms with E-state index in [1.54, 1.807) is 0 Å². The van der Waals surface area contributed by atoms with E-state index in [2.05, 4.69) is 5.32 Å². The van der Waals surface area contributed by atoms with Gasteiger partial charge in [0.2, 0.25) is 0 Å². The standard InChI is InChI=1S/C14H20N2O2/c1-12(2,3)18-11(17)16-14-8-5-9(14)7-10(14)6(8)13(5,7)4-15/h5-10H,4,15H2,1-3H3,(H,16,17). The van der Waals surface area contributed by atoms with Gasteiger partial charge in [-0.2, -0.15) is 0 Å². The monoisotopic (exact) mass is 248 g/mol. The molecule has 1 amide bonds. The van der Waals surface area contributed by atoms with Crippen LogP contribution in [0.3, 0.4) is 0 Å². The SMILES string of the molecule is CC(C)(C)OC(=O)NC12C3C4C1C1C2C3C41CN. The highest BCUT2D eigenvalue weighted by molar-refractivity contribution is 5.73. The molecule has 0 aliphatic heterocycles. The molecule has 6 saturated carbocycles. The van der Waals surface area contributed by atoms with Crippen LogP contribution in [-0.2, 0) is 4.74 Å². The molecule has 6 aliphatic rings. The van der Waals surface area contributed by atoms with Crippen LogP contribution in [0.25, 0.3) is 0 Å². The highest BCUT2D eigenvalue weighted by atomic mass is 16.6. The molecule has 4 heteroatoms. The van der Waals surface area contributed by atoms with Gasteiger partial charge >= 0.3 is 6.09 Å². The molecule has 0 bridgehead atoms. The fourth-order valence-corrected chi connectivity index (χ4v) is 6.89. The normalized spacial score (nSPS) is 63.3. The first-order chi connectivity index (χ1) is 8.39. The number of nitrogens with two attached hydrogens (primary N) is 1. The topological polar surface area (TPSA) is 64.3 Å². The van der Waals surface area contributed by atoms with Crippen LogP contribution in [0.15, 0.2) is 0 Å². The molecule has 6 aliphatic carbocycles. The van der Waals surface area contributed by atoms with Crippen molar-refractivity contribution in [1.82, 2.24) is 5.32 Å². The van der Waals surface area contributed by atoms with E-state index in [9.17, 15) is 4.79 Å². The summed E-state index contributed by atoms with van der Waals surface area (Å²) in [6.07, 6.45) is -0.222. The van der Waals surface area contributed by atoms with Crippen LogP contribution in [-0.4, -0.2) is 23.8 Å². The molecule has 0 heterocycles. The summed E-state index contributed by atoms with van der Waals surface area (Å²) in [7, 11) is 0. The molecule has 0 saturated heterocycles. The lowest BCUT2D eigenvalue weighted by Gasteiger charge is -3.11. The predicted octanol–water partition coefficient (Wildman–Crippen LogP) is 0.960. The Balaban J connectivity index is 1.32. The number of nitrogens with one attached hydrogen (secondary N) is 1. The lowest BCUT2D eigenvalue weighted by molar-refractivity contribution is -0.621. The molecule has 4 nitrogen and oxygen atoms in total. The largest absolute Gasteiger partial charge is 0.444 e. The third-order valence-electron chi connectivity index (χ3n) is 6.91. The van der Waals surface area contributed by atoms with Gasteiger partial charge in [-0.25, -0.2) is 4.79 Å².